The molecule has 0 atom stereocenters. The maximum absolute atomic E-state index is 13.1. The molecule has 0 radical (unpaired) electrons. The zero-order valence-corrected chi connectivity index (χ0v) is 14.4. The van der Waals surface area contributed by atoms with Crippen molar-refractivity contribution in [2.24, 2.45) is 5.10 Å². The number of halogens is 3. The molecule has 0 N–H and O–H groups in total. The second kappa shape index (κ2) is 6.84. The van der Waals surface area contributed by atoms with E-state index >= 15 is 0 Å². The molecule has 140 valence electrons. The molecule has 2 aromatic carbocycles. The molecule has 0 saturated heterocycles. The molecule has 7 heteroatoms. The number of hydrazone groups is 1. The average molecular weight is 382 g/mol. The largest absolute Gasteiger partial charge is 0.465 e. The highest BCUT2D eigenvalue weighted by atomic mass is 19.4. The monoisotopic (exact) mass is 382 g/mol. The lowest BCUT2D eigenvalue weighted by molar-refractivity contribution is -0.137. The molecule has 1 aliphatic rings. The van der Waals surface area contributed by atoms with Crippen molar-refractivity contribution < 1.29 is 22.4 Å². The summed E-state index contributed by atoms with van der Waals surface area (Å²) >= 11 is 0. The Hall–Kier alpha value is -3.61. The summed E-state index contributed by atoms with van der Waals surface area (Å²) in [7, 11) is 0. The van der Waals surface area contributed by atoms with Crippen LogP contribution >= 0.6 is 0 Å². The van der Waals surface area contributed by atoms with Crippen LogP contribution in [0.3, 0.4) is 0 Å². The summed E-state index contributed by atoms with van der Waals surface area (Å²) in [6.07, 6.45) is -1.52. The Morgan fingerprint density at radius 3 is 2.43 bits per heavy atom. The van der Waals surface area contributed by atoms with Crippen LogP contribution in [0.15, 0.2) is 88.1 Å². The van der Waals surface area contributed by atoms with E-state index in [4.69, 9.17) is 4.42 Å². The van der Waals surface area contributed by atoms with Gasteiger partial charge in [-0.05, 0) is 36.4 Å². The lowest BCUT2D eigenvalue weighted by Gasteiger charge is -2.14. The van der Waals surface area contributed by atoms with Gasteiger partial charge in [-0.15, -0.1) is 0 Å². The van der Waals surface area contributed by atoms with Crippen molar-refractivity contribution in [1.29, 1.82) is 0 Å². The first-order chi connectivity index (χ1) is 13.4. The van der Waals surface area contributed by atoms with E-state index in [0.29, 0.717) is 17.0 Å². The van der Waals surface area contributed by atoms with Gasteiger partial charge >= 0.3 is 6.18 Å². The highest BCUT2D eigenvalue weighted by Gasteiger charge is 2.35. The summed E-state index contributed by atoms with van der Waals surface area (Å²) in [5.74, 6) is -0.0903. The lowest BCUT2D eigenvalue weighted by atomic mass is 10.0. The molecule has 1 aliphatic heterocycles. The molecule has 4 rings (SSSR count). The molecule has 0 saturated carbocycles. The van der Waals surface area contributed by atoms with Crippen LogP contribution in [0.1, 0.15) is 16.9 Å². The fourth-order valence-corrected chi connectivity index (χ4v) is 2.86. The molecule has 0 aliphatic carbocycles. The number of benzene rings is 2. The minimum atomic E-state index is -4.52. The molecule has 3 aromatic rings. The molecule has 28 heavy (non-hydrogen) atoms. The number of carbonyl (C=O) groups is 1. The van der Waals surface area contributed by atoms with Crippen LogP contribution in [0.5, 0.6) is 0 Å². The van der Waals surface area contributed by atoms with Gasteiger partial charge in [0.1, 0.15) is 11.5 Å². The zero-order chi connectivity index (χ0) is 19.7. The predicted molar refractivity (Wildman–Crippen MR) is 98.6 cm³/mol. The van der Waals surface area contributed by atoms with Crippen molar-refractivity contribution in [3.05, 3.63) is 95.5 Å². The summed E-state index contributed by atoms with van der Waals surface area (Å²) in [6, 6.07) is 16.8. The van der Waals surface area contributed by atoms with E-state index in [-0.39, 0.29) is 11.3 Å². The van der Waals surface area contributed by atoms with Crippen LogP contribution in [0.4, 0.5) is 18.9 Å². The van der Waals surface area contributed by atoms with E-state index < -0.39 is 17.6 Å². The maximum Gasteiger partial charge on any atom is 0.416 e. The summed E-state index contributed by atoms with van der Waals surface area (Å²) in [6.45, 7) is 0. The fourth-order valence-electron chi connectivity index (χ4n) is 2.86. The van der Waals surface area contributed by atoms with Gasteiger partial charge < -0.3 is 4.42 Å². The Kier molecular flexibility index (Phi) is 4.35. The SMILES string of the molecule is O=C1C(=Cc2ccco2)C(c2ccccc2)=NN1c1cccc(C(F)(F)F)c1. The zero-order valence-electron chi connectivity index (χ0n) is 14.4. The van der Waals surface area contributed by atoms with Gasteiger partial charge in [0.2, 0.25) is 0 Å². The van der Waals surface area contributed by atoms with Crippen LogP contribution in [0.2, 0.25) is 0 Å². The number of rotatable bonds is 3. The number of alkyl halides is 3. The van der Waals surface area contributed by atoms with Crippen molar-refractivity contribution in [1.82, 2.24) is 0 Å². The smallest absolute Gasteiger partial charge is 0.416 e. The average Bonchev–Trinajstić information content (AvgIpc) is 3.31. The van der Waals surface area contributed by atoms with Crippen LogP contribution in [0, 0.1) is 0 Å². The normalized spacial score (nSPS) is 16.0. The summed E-state index contributed by atoms with van der Waals surface area (Å²) in [5.41, 5.74) is 0.454. The first-order valence-electron chi connectivity index (χ1n) is 8.35. The van der Waals surface area contributed by atoms with E-state index in [9.17, 15) is 18.0 Å². The highest BCUT2D eigenvalue weighted by molar-refractivity contribution is 6.37. The van der Waals surface area contributed by atoms with E-state index in [1.807, 2.05) is 6.07 Å². The first kappa shape index (κ1) is 17.8. The number of furan rings is 1. The number of hydrogen-bond acceptors (Lipinski definition) is 3. The number of anilines is 1. The summed E-state index contributed by atoms with van der Waals surface area (Å²) in [5, 5.41) is 5.30. The van der Waals surface area contributed by atoms with E-state index in [1.165, 1.54) is 24.5 Å². The number of hydrogen-bond donors (Lipinski definition) is 0. The minimum Gasteiger partial charge on any atom is -0.465 e. The topological polar surface area (TPSA) is 45.8 Å². The molecule has 0 unspecified atom stereocenters. The van der Waals surface area contributed by atoms with Crippen molar-refractivity contribution in [2.75, 3.05) is 5.01 Å². The van der Waals surface area contributed by atoms with Crippen LogP contribution in [0.25, 0.3) is 6.08 Å². The highest BCUT2D eigenvalue weighted by Crippen LogP contribution is 2.34. The van der Waals surface area contributed by atoms with E-state index in [2.05, 4.69) is 5.10 Å². The van der Waals surface area contributed by atoms with Crippen LogP contribution in [-0.4, -0.2) is 11.6 Å². The van der Waals surface area contributed by atoms with E-state index in [1.54, 1.807) is 36.4 Å². The standard InChI is InChI=1S/C21H13F3N2O2/c22-21(23,24)15-8-4-9-16(12-15)26-20(27)18(13-17-10-5-11-28-17)19(25-26)14-6-2-1-3-7-14/h1-13H. The van der Waals surface area contributed by atoms with Gasteiger partial charge in [0.05, 0.1) is 23.1 Å². The Bertz CT molecular complexity index is 1070. The predicted octanol–water partition coefficient (Wildman–Crippen LogP) is 5.13. The van der Waals surface area contributed by atoms with Crippen molar-refractivity contribution in [3.8, 4) is 0 Å². The number of nitrogens with zero attached hydrogens (tertiary/aromatic N) is 2. The number of carbonyl (C=O) groups excluding carboxylic acids is 1. The van der Waals surface area contributed by atoms with Gasteiger partial charge in [-0.2, -0.15) is 23.3 Å². The molecular formula is C21H13F3N2O2. The van der Waals surface area contributed by atoms with Gasteiger partial charge in [0.25, 0.3) is 5.91 Å². The third-order valence-electron chi connectivity index (χ3n) is 4.17. The Morgan fingerprint density at radius 2 is 1.75 bits per heavy atom. The van der Waals surface area contributed by atoms with Gasteiger partial charge in [0.15, 0.2) is 0 Å². The lowest BCUT2D eigenvalue weighted by Crippen LogP contribution is -2.22. The van der Waals surface area contributed by atoms with Gasteiger partial charge in [-0.3, -0.25) is 4.79 Å². The molecule has 0 fully saturated rings. The molecule has 0 spiro atoms. The number of amides is 1. The first-order valence-corrected chi connectivity index (χ1v) is 8.35. The molecule has 0 bridgehead atoms. The van der Waals surface area contributed by atoms with Crippen molar-refractivity contribution in [3.63, 3.8) is 0 Å². The Balaban J connectivity index is 1.82. The molecule has 1 aromatic heterocycles. The maximum atomic E-state index is 13.1. The van der Waals surface area contributed by atoms with Gasteiger partial charge in [0, 0.05) is 5.56 Å². The second-order valence-corrected chi connectivity index (χ2v) is 6.05. The van der Waals surface area contributed by atoms with Crippen molar-refractivity contribution >= 4 is 23.4 Å². The second-order valence-electron chi connectivity index (χ2n) is 6.05. The fraction of sp³-hybridized carbons (Fsp3) is 0.0476. The third-order valence-corrected chi connectivity index (χ3v) is 4.17. The van der Waals surface area contributed by atoms with Crippen molar-refractivity contribution in [2.45, 2.75) is 6.18 Å². The third kappa shape index (κ3) is 3.34. The Morgan fingerprint density at radius 1 is 0.964 bits per heavy atom. The van der Waals surface area contributed by atoms with E-state index in [0.717, 1.165) is 17.1 Å². The molecular weight excluding hydrogens is 369 g/mol. The van der Waals surface area contributed by atoms with Crippen LogP contribution < -0.4 is 5.01 Å². The molecule has 1 amide bonds. The molecule has 2 heterocycles. The van der Waals surface area contributed by atoms with Gasteiger partial charge in [-0.25, -0.2) is 0 Å². The summed E-state index contributed by atoms with van der Waals surface area (Å²) < 4.78 is 44.5. The van der Waals surface area contributed by atoms with Crippen LogP contribution in [-0.2, 0) is 11.0 Å². The Labute approximate surface area is 158 Å². The quantitative estimate of drug-likeness (QED) is 0.590. The minimum absolute atomic E-state index is 0.0381. The summed E-state index contributed by atoms with van der Waals surface area (Å²) in [4.78, 5) is 13.0. The molecule has 4 nitrogen and oxygen atoms in total. The van der Waals surface area contributed by atoms with Gasteiger partial charge in [-0.1, -0.05) is 36.4 Å².